The minimum Gasteiger partial charge on any atom is -0.491 e. The van der Waals surface area contributed by atoms with Crippen LogP contribution in [0.5, 0.6) is 5.75 Å². The van der Waals surface area contributed by atoms with Gasteiger partial charge in [0, 0.05) is 10.7 Å². The number of carbonyl (C=O) groups is 1. The predicted molar refractivity (Wildman–Crippen MR) is 106 cm³/mol. The largest absolute Gasteiger partial charge is 0.491 e. The van der Waals surface area contributed by atoms with Crippen LogP contribution in [0.3, 0.4) is 0 Å². The summed E-state index contributed by atoms with van der Waals surface area (Å²) < 4.78 is 5.72. The maximum Gasteiger partial charge on any atom is 0.230 e. The molecule has 0 radical (unpaired) electrons. The molecule has 132 valence electrons. The van der Waals surface area contributed by atoms with E-state index in [9.17, 15) is 4.79 Å². The first-order chi connectivity index (χ1) is 12.0. The smallest absolute Gasteiger partial charge is 0.230 e. The van der Waals surface area contributed by atoms with Crippen LogP contribution < -0.4 is 15.4 Å². The Morgan fingerprint density at radius 2 is 1.80 bits per heavy atom. The van der Waals surface area contributed by atoms with Gasteiger partial charge in [-0.3, -0.25) is 4.79 Å². The van der Waals surface area contributed by atoms with Crippen molar-refractivity contribution < 1.29 is 9.53 Å². The molecule has 0 aromatic heterocycles. The molecule has 2 rings (SSSR count). The average Bonchev–Trinajstić information content (AvgIpc) is 2.58. The minimum atomic E-state index is -0.184. The molecule has 0 aliphatic rings. The van der Waals surface area contributed by atoms with E-state index in [2.05, 4.69) is 17.6 Å². The standard InChI is InChI=1S/C19H21ClN2O2S/c1-3-13(2)24-17-10-8-16(9-11-17)21-19(25)22-18(23)12-14-4-6-15(20)7-5-14/h4-11,13H,3,12H2,1-2H3,(H2,21,22,23,25). The molecule has 25 heavy (non-hydrogen) atoms. The zero-order chi connectivity index (χ0) is 18.2. The summed E-state index contributed by atoms with van der Waals surface area (Å²) in [6, 6.07) is 14.6. The highest BCUT2D eigenvalue weighted by Crippen LogP contribution is 2.17. The van der Waals surface area contributed by atoms with E-state index in [0.717, 1.165) is 23.4 Å². The van der Waals surface area contributed by atoms with Crippen molar-refractivity contribution in [1.29, 1.82) is 0 Å². The van der Waals surface area contributed by atoms with Crippen LogP contribution in [0, 0.1) is 0 Å². The van der Waals surface area contributed by atoms with Crippen LogP contribution in [0.1, 0.15) is 25.8 Å². The quantitative estimate of drug-likeness (QED) is 0.725. The van der Waals surface area contributed by atoms with E-state index in [0.29, 0.717) is 5.02 Å². The first-order valence-electron chi connectivity index (χ1n) is 8.08. The molecule has 0 spiro atoms. The van der Waals surface area contributed by atoms with Crippen molar-refractivity contribution in [3.8, 4) is 5.75 Å². The highest BCUT2D eigenvalue weighted by Gasteiger charge is 2.07. The fourth-order valence-corrected chi connectivity index (χ4v) is 2.41. The first-order valence-corrected chi connectivity index (χ1v) is 8.87. The number of benzene rings is 2. The Morgan fingerprint density at radius 1 is 1.16 bits per heavy atom. The summed E-state index contributed by atoms with van der Waals surface area (Å²) in [6.45, 7) is 4.10. The number of thiocarbonyl (C=S) groups is 1. The summed E-state index contributed by atoms with van der Waals surface area (Å²) in [4.78, 5) is 12.0. The number of rotatable bonds is 6. The Labute approximate surface area is 158 Å². The van der Waals surface area contributed by atoms with Crippen molar-refractivity contribution in [1.82, 2.24) is 5.32 Å². The third kappa shape index (κ3) is 6.72. The second kappa shape index (κ2) is 9.39. The van der Waals surface area contributed by atoms with Crippen LogP contribution in [0.25, 0.3) is 0 Å². The number of ether oxygens (including phenoxy) is 1. The molecule has 2 aromatic rings. The van der Waals surface area contributed by atoms with Crippen LogP contribution in [-0.2, 0) is 11.2 Å². The van der Waals surface area contributed by atoms with Gasteiger partial charge >= 0.3 is 0 Å². The Morgan fingerprint density at radius 3 is 2.40 bits per heavy atom. The van der Waals surface area contributed by atoms with Crippen molar-refractivity contribution >= 4 is 40.5 Å². The van der Waals surface area contributed by atoms with E-state index in [1.165, 1.54) is 0 Å². The fourth-order valence-electron chi connectivity index (χ4n) is 2.05. The Balaban J connectivity index is 1.82. The van der Waals surface area contributed by atoms with E-state index in [4.69, 9.17) is 28.6 Å². The third-order valence-corrected chi connectivity index (χ3v) is 4.01. The van der Waals surface area contributed by atoms with Gasteiger partial charge in [-0.05, 0) is 67.5 Å². The number of anilines is 1. The highest BCUT2D eigenvalue weighted by atomic mass is 35.5. The predicted octanol–water partition coefficient (Wildman–Crippen LogP) is 4.57. The van der Waals surface area contributed by atoms with Crippen LogP contribution in [0.4, 0.5) is 5.69 Å². The van der Waals surface area contributed by atoms with Gasteiger partial charge in [0.15, 0.2) is 5.11 Å². The molecule has 2 N–H and O–H groups in total. The van der Waals surface area contributed by atoms with Crippen LogP contribution in [0.15, 0.2) is 48.5 Å². The molecule has 0 saturated heterocycles. The van der Waals surface area contributed by atoms with Gasteiger partial charge in [-0.1, -0.05) is 30.7 Å². The lowest BCUT2D eigenvalue weighted by Gasteiger charge is -2.13. The summed E-state index contributed by atoms with van der Waals surface area (Å²) in [5.41, 5.74) is 1.66. The molecule has 0 heterocycles. The second-order valence-electron chi connectivity index (χ2n) is 5.67. The molecule has 1 amide bonds. The van der Waals surface area contributed by atoms with E-state index in [-0.39, 0.29) is 23.5 Å². The number of nitrogens with one attached hydrogen (secondary N) is 2. The summed E-state index contributed by atoms with van der Waals surface area (Å²) >= 11 is 11.0. The van der Waals surface area contributed by atoms with Crippen LogP contribution in [-0.4, -0.2) is 17.1 Å². The monoisotopic (exact) mass is 376 g/mol. The Bertz CT molecular complexity index is 717. The lowest BCUT2D eigenvalue weighted by molar-refractivity contribution is -0.119. The average molecular weight is 377 g/mol. The molecular formula is C19H21ClN2O2S. The van der Waals surface area contributed by atoms with Gasteiger partial charge < -0.3 is 15.4 Å². The van der Waals surface area contributed by atoms with Crippen molar-refractivity contribution in [3.63, 3.8) is 0 Å². The number of hydrogen-bond donors (Lipinski definition) is 2. The Hall–Kier alpha value is -2.11. The van der Waals surface area contributed by atoms with Gasteiger partial charge in [0.25, 0.3) is 0 Å². The van der Waals surface area contributed by atoms with E-state index in [1.807, 2.05) is 43.3 Å². The first kappa shape index (κ1) is 19.2. The molecule has 0 saturated carbocycles. The topological polar surface area (TPSA) is 50.4 Å². The Kier molecular flexibility index (Phi) is 7.22. The second-order valence-corrected chi connectivity index (χ2v) is 6.51. The lowest BCUT2D eigenvalue weighted by atomic mass is 10.1. The number of hydrogen-bond acceptors (Lipinski definition) is 3. The zero-order valence-corrected chi connectivity index (χ0v) is 15.8. The molecule has 1 unspecified atom stereocenters. The van der Waals surface area contributed by atoms with E-state index >= 15 is 0 Å². The molecule has 2 aromatic carbocycles. The van der Waals surface area contributed by atoms with Gasteiger partial charge in [-0.25, -0.2) is 0 Å². The van der Waals surface area contributed by atoms with E-state index in [1.54, 1.807) is 12.1 Å². The lowest BCUT2D eigenvalue weighted by Crippen LogP contribution is -2.35. The molecule has 0 aliphatic carbocycles. The van der Waals surface area contributed by atoms with E-state index < -0.39 is 0 Å². The van der Waals surface area contributed by atoms with Crippen LogP contribution >= 0.6 is 23.8 Å². The number of carbonyl (C=O) groups excluding carboxylic acids is 1. The molecule has 6 heteroatoms. The summed E-state index contributed by atoms with van der Waals surface area (Å²) in [7, 11) is 0. The van der Waals surface area contributed by atoms with Gasteiger partial charge in [-0.2, -0.15) is 0 Å². The van der Waals surface area contributed by atoms with Crippen molar-refractivity contribution in [2.45, 2.75) is 32.8 Å². The van der Waals surface area contributed by atoms with Gasteiger partial charge in [0.1, 0.15) is 5.75 Å². The zero-order valence-electron chi connectivity index (χ0n) is 14.2. The number of amides is 1. The molecule has 4 nitrogen and oxygen atoms in total. The third-order valence-electron chi connectivity index (χ3n) is 3.56. The minimum absolute atomic E-state index is 0.173. The molecular weight excluding hydrogens is 356 g/mol. The highest BCUT2D eigenvalue weighted by molar-refractivity contribution is 7.80. The van der Waals surface area contributed by atoms with Gasteiger partial charge in [-0.15, -0.1) is 0 Å². The summed E-state index contributed by atoms with van der Waals surface area (Å²) in [6.07, 6.45) is 1.36. The maximum atomic E-state index is 12.0. The molecule has 0 aliphatic heterocycles. The van der Waals surface area contributed by atoms with Gasteiger partial charge in [0.05, 0.1) is 12.5 Å². The normalized spacial score (nSPS) is 11.5. The fraction of sp³-hybridized carbons (Fsp3) is 0.263. The number of halogens is 1. The SMILES string of the molecule is CCC(C)Oc1ccc(NC(=S)NC(=O)Cc2ccc(Cl)cc2)cc1. The summed E-state index contributed by atoms with van der Waals surface area (Å²) in [5.74, 6) is 0.620. The molecule has 0 fully saturated rings. The van der Waals surface area contributed by atoms with Crippen molar-refractivity contribution in [3.05, 3.63) is 59.1 Å². The van der Waals surface area contributed by atoms with Crippen molar-refractivity contribution in [2.24, 2.45) is 0 Å². The summed E-state index contributed by atoms with van der Waals surface area (Å²) in [5, 5.41) is 6.55. The van der Waals surface area contributed by atoms with Gasteiger partial charge in [0.2, 0.25) is 5.91 Å². The van der Waals surface area contributed by atoms with Crippen LogP contribution in [0.2, 0.25) is 5.02 Å². The van der Waals surface area contributed by atoms with Crippen molar-refractivity contribution in [2.75, 3.05) is 5.32 Å². The maximum absolute atomic E-state index is 12.0. The molecule has 1 atom stereocenters. The molecule has 0 bridgehead atoms.